The van der Waals surface area contributed by atoms with Gasteiger partial charge in [-0.1, -0.05) is 12.1 Å². The van der Waals surface area contributed by atoms with Crippen LogP contribution in [0.2, 0.25) is 0 Å². The molecule has 5 nitrogen and oxygen atoms in total. The molecule has 0 saturated heterocycles. The molecule has 0 aliphatic heterocycles. The third kappa shape index (κ3) is 4.64. The molecule has 0 spiro atoms. The number of methoxy groups -OCH3 is 1. The summed E-state index contributed by atoms with van der Waals surface area (Å²) >= 11 is 0. The maximum Gasteiger partial charge on any atom is 0.214 e. The lowest BCUT2D eigenvalue weighted by Gasteiger charge is -2.17. The Kier molecular flexibility index (Phi) is 5.58. The largest absolute Gasteiger partial charge is 0.508 e. The van der Waals surface area contributed by atoms with E-state index in [9.17, 15) is 8.42 Å². The molecular weight excluding hydrogens is 254 g/mol. The molecule has 0 aliphatic carbocycles. The summed E-state index contributed by atoms with van der Waals surface area (Å²) in [6, 6.07) is 6.49. The van der Waals surface area contributed by atoms with Crippen LogP contribution in [0, 0.1) is 0 Å². The molecular formula is C12H19NO4S. The van der Waals surface area contributed by atoms with E-state index in [-0.39, 0.29) is 11.5 Å². The van der Waals surface area contributed by atoms with Gasteiger partial charge < -0.3 is 9.84 Å². The molecule has 0 atom stereocenters. The van der Waals surface area contributed by atoms with Crippen molar-refractivity contribution in [3.05, 3.63) is 29.8 Å². The average Bonchev–Trinajstić information content (AvgIpc) is 2.32. The Balaban J connectivity index is 2.58. The number of phenols is 1. The van der Waals surface area contributed by atoms with Crippen LogP contribution in [0.15, 0.2) is 24.3 Å². The SMILES string of the molecule is COCCCS(=O)(=O)N(C)Cc1ccc(O)cc1. The van der Waals surface area contributed by atoms with Crippen LogP contribution < -0.4 is 0 Å². The minimum Gasteiger partial charge on any atom is -0.508 e. The standard InChI is InChI=1S/C12H19NO4S/c1-13(18(15,16)9-3-8-17-2)10-11-4-6-12(14)7-5-11/h4-7,14H,3,8-10H2,1-2H3. The third-order valence-corrected chi connectivity index (χ3v) is 4.45. The summed E-state index contributed by atoms with van der Waals surface area (Å²) in [5.74, 6) is 0.249. The summed E-state index contributed by atoms with van der Waals surface area (Å²) in [5, 5.41) is 9.15. The van der Waals surface area contributed by atoms with Crippen molar-refractivity contribution in [3.8, 4) is 5.75 Å². The van der Waals surface area contributed by atoms with Gasteiger partial charge in [0.2, 0.25) is 10.0 Å². The summed E-state index contributed by atoms with van der Waals surface area (Å²) in [6.45, 7) is 0.738. The summed E-state index contributed by atoms with van der Waals surface area (Å²) in [4.78, 5) is 0. The van der Waals surface area contributed by atoms with Crippen molar-refractivity contribution in [2.45, 2.75) is 13.0 Å². The minimum absolute atomic E-state index is 0.0788. The van der Waals surface area contributed by atoms with Crippen molar-refractivity contribution in [3.63, 3.8) is 0 Å². The first-order valence-corrected chi connectivity index (χ1v) is 7.27. The van der Waals surface area contributed by atoms with E-state index in [1.54, 1.807) is 38.4 Å². The van der Waals surface area contributed by atoms with Crippen LogP contribution in [0.5, 0.6) is 5.75 Å². The molecule has 0 radical (unpaired) electrons. The van der Waals surface area contributed by atoms with E-state index >= 15 is 0 Å². The van der Waals surface area contributed by atoms with Gasteiger partial charge in [-0.3, -0.25) is 0 Å². The number of ether oxygens (including phenoxy) is 1. The third-order valence-electron chi connectivity index (χ3n) is 2.57. The van der Waals surface area contributed by atoms with Crippen LogP contribution in [0.25, 0.3) is 0 Å². The quantitative estimate of drug-likeness (QED) is 0.758. The molecule has 6 heteroatoms. The number of rotatable bonds is 7. The smallest absolute Gasteiger partial charge is 0.214 e. The first-order valence-electron chi connectivity index (χ1n) is 5.66. The van der Waals surface area contributed by atoms with Gasteiger partial charge in [-0.2, -0.15) is 0 Å². The van der Waals surface area contributed by atoms with Crippen LogP contribution in [0.1, 0.15) is 12.0 Å². The van der Waals surface area contributed by atoms with E-state index in [0.717, 1.165) is 5.56 Å². The number of sulfonamides is 1. The fraction of sp³-hybridized carbons (Fsp3) is 0.500. The van der Waals surface area contributed by atoms with Gasteiger partial charge in [0.05, 0.1) is 5.75 Å². The van der Waals surface area contributed by atoms with E-state index in [1.165, 1.54) is 4.31 Å². The first kappa shape index (κ1) is 14.9. The molecule has 0 aromatic heterocycles. The average molecular weight is 273 g/mol. The second-order valence-electron chi connectivity index (χ2n) is 4.08. The molecule has 1 N–H and O–H groups in total. The van der Waals surface area contributed by atoms with Crippen molar-refractivity contribution in [1.82, 2.24) is 4.31 Å². The first-order chi connectivity index (χ1) is 8.45. The lowest BCUT2D eigenvalue weighted by Crippen LogP contribution is -2.29. The van der Waals surface area contributed by atoms with Crippen LogP contribution in [0.4, 0.5) is 0 Å². The summed E-state index contributed by atoms with van der Waals surface area (Å²) in [7, 11) is -0.151. The van der Waals surface area contributed by atoms with Gasteiger partial charge in [0.1, 0.15) is 5.75 Å². The molecule has 0 aliphatic rings. The summed E-state index contributed by atoms with van der Waals surface area (Å²) in [5.41, 5.74) is 0.839. The topological polar surface area (TPSA) is 66.8 Å². The molecule has 1 aromatic rings. The Morgan fingerprint density at radius 1 is 1.28 bits per heavy atom. The Bertz CT molecular complexity index is 455. The van der Waals surface area contributed by atoms with E-state index < -0.39 is 10.0 Å². The van der Waals surface area contributed by atoms with Gasteiger partial charge >= 0.3 is 0 Å². The van der Waals surface area contributed by atoms with Gasteiger partial charge in [-0.25, -0.2) is 12.7 Å². The number of hydrogen-bond acceptors (Lipinski definition) is 4. The Morgan fingerprint density at radius 2 is 1.89 bits per heavy atom. The normalized spacial score (nSPS) is 11.9. The minimum atomic E-state index is -3.25. The fourth-order valence-corrected chi connectivity index (χ4v) is 2.64. The Hall–Kier alpha value is -1.11. The highest BCUT2D eigenvalue weighted by Crippen LogP contribution is 2.13. The number of nitrogens with zero attached hydrogens (tertiary/aromatic N) is 1. The monoisotopic (exact) mass is 273 g/mol. The van der Waals surface area contributed by atoms with Gasteiger partial charge in [0.15, 0.2) is 0 Å². The Labute approximate surface area is 108 Å². The van der Waals surface area contributed by atoms with Gasteiger partial charge in [0.25, 0.3) is 0 Å². The van der Waals surface area contributed by atoms with Crippen LogP contribution in [0.3, 0.4) is 0 Å². The second-order valence-corrected chi connectivity index (χ2v) is 6.28. The van der Waals surface area contributed by atoms with E-state index in [2.05, 4.69) is 0 Å². The van der Waals surface area contributed by atoms with Crippen molar-refractivity contribution in [2.75, 3.05) is 26.5 Å². The van der Waals surface area contributed by atoms with Gasteiger partial charge in [-0.05, 0) is 24.1 Å². The maximum atomic E-state index is 11.9. The molecule has 0 heterocycles. The lowest BCUT2D eigenvalue weighted by molar-refractivity contribution is 0.199. The molecule has 1 rings (SSSR count). The highest BCUT2D eigenvalue weighted by atomic mass is 32.2. The van der Waals surface area contributed by atoms with E-state index in [1.807, 2.05) is 0 Å². The van der Waals surface area contributed by atoms with Gasteiger partial charge in [-0.15, -0.1) is 0 Å². The highest BCUT2D eigenvalue weighted by Gasteiger charge is 2.17. The molecule has 102 valence electrons. The zero-order valence-electron chi connectivity index (χ0n) is 10.7. The van der Waals surface area contributed by atoms with Crippen LogP contribution in [-0.4, -0.2) is 44.3 Å². The summed E-state index contributed by atoms with van der Waals surface area (Å²) < 4.78 is 29.9. The molecule has 18 heavy (non-hydrogen) atoms. The lowest BCUT2D eigenvalue weighted by atomic mass is 10.2. The van der Waals surface area contributed by atoms with Crippen LogP contribution >= 0.6 is 0 Å². The molecule has 1 aromatic carbocycles. The second kappa shape index (κ2) is 6.72. The van der Waals surface area contributed by atoms with Crippen LogP contribution in [-0.2, 0) is 21.3 Å². The molecule has 0 amide bonds. The summed E-state index contributed by atoms with van der Waals surface area (Å²) in [6.07, 6.45) is 0.485. The van der Waals surface area contributed by atoms with Crippen molar-refractivity contribution >= 4 is 10.0 Å². The predicted octanol–water partition coefficient (Wildman–Crippen LogP) is 1.19. The number of benzene rings is 1. The molecule has 0 fully saturated rings. The zero-order chi connectivity index (χ0) is 13.6. The highest BCUT2D eigenvalue weighted by molar-refractivity contribution is 7.89. The fourth-order valence-electron chi connectivity index (χ4n) is 1.50. The van der Waals surface area contributed by atoms with Crippen molar-refractivity contribution < 1.29 is 18.3 Å². The molecule has 0 bridgehead atoms. The van der Waals surface area contributed by atoms with Gasteiger partial charge in [0, 0.05) is 27.3 Å². The number of phenolic OH excluding ortho intramolecular Hbond substituents is 1. The number of aromatic hydroxyl groups is 1. The van der Waals surface area contributed by atoms with E-state index in [0.29, 0.717) is 19.6 Å². The number of hydrogen-bond donors (Lipinski definition) is 1. The maximum absolute atomic E-state index is 11.9. The van der Waals surface area contributed by atoms with Crippen molar-refractivity contribution in [1.29, 1.82) is 0 Å². The van der Waals surface area contributed by atoms with Crippen molar-refractivity contribution in [2.24, 2.45) is 0 Å². The molecule has 0 saturated carbocycles. The van der Waals surface area contributed by atoms with E-state index in [4.69, 9.17) is 9.84 Å². The Morgan fingerprint density at radius 3 is 2.44 bits per heavy atom. The molecule has 0 unspecified atom stereocenters. The zero-order valence-corrected chi connectivity index (χ0v) is 11.5. The predicted molar refractivity (Wildman–Crippen MR) is 69.9 cm³/mol.